The van der Waals surface area contributed by atoms with Gasteiger partial charge in [0.15, 0.2) is 0 Å². The van der Waals surface area contributed by atoms with Crippen molar-refractivity contribution in [2.45, 2.75) is 19.1 Å². The molecule has 0 fully saturated rings. The van der Waals surface area contributed by atoms with Gasteiger partial charge in [-0.25, -0.2) is 0 Å². The van der Waals surface area contributed by atoms with E-state index in [-0.39, 0.29) is 11.9 Å². The van der Waals surface area contributed by atoms with Crippen molar-refractivity contribution in [1.29, 1.82) is 0 Å². The summed E-state index contributed by atoms with van der Waals surface area (Å²) in [6, 6.07) is 14.0. The van der Waals surface area contributed by atoms with Crippen LogP contribution in [0.15, 0.2) is 60.7 Å². The average molecular weight is 319 g/mol. The molecule has 0 aromatic heterocycles. The third kappa shape index (κ3) is 4.98. The zero-order chi connectivity index (χ0) is 16.9. The minimum Gasteiger partial charge on any atom is -0.346 e. The number of benzene rings is 2. The van der Waals surface area contributed by atoms with Crippen molar-refractivity contribution in [1.82, 2.24) is 5.32 Å². The summed E-state index contributed by atoms with van der Waals surface area (Å²) in [4.78, 5) is 11.9. The lowest BCUT2D eigenvalue weighted by Gasteiger charge is -2.12. The summed E-state index contributed by atoms with van der Waals surface area (Å²) in [6.45, 7) is 1.84. The van der Waals surface area contributed by atoms with E-state index in [1.807, 2.05) is 37.3 Å². The van der Waals surface area contributed by atoms with Gasteiger partial charge >= 0.3 is 6.18 Å². The second-order valence-electron chi connectivity index (χ2n) is 5.10. The van der Waals surface area contributed by atoms with Crippen molar-refractivity contribution in [3.05, 3.63) is 77.4 Å². The van der Waals surface area contributed by atoms with Crippen LogP contribution in [-0.2, 0) is 11.0 Å². The van der Waals surface area contributed by atoms with Crippen LogP contribution in [0.3, 0.4) is 0 Å². The standard InChI is InChI=1S/C18H16F3NO/c1-13(15-7-3-2-4-8-15)22-17(23)11-10-14-6-5-9-16(12-14)18(19,20)21/h2-13H,1H3,(H,22,23)/b11-10+/t13-/m1/s1. The van der Waals surface area contributed by atoms with Crippen LogP contribution in [0.25, 0.3) is 6.08 Å². The molecule has 23 heavy (non-hydrogen) atoms. The molecule has 0 saturated carbocycles. The van der Waals surface area contributed by atoms with Crippen LogP contribution in [0.4, 0.5) is 13.2 Å². The van der Waals surface area contributed by atoms with E-state index in [0.717, 1.165) is 17.7 Å². The van der Waals surface area contributed by atoms with E-state index >= 15 is 0 Å². The third-order valence-electron chi connectivity index (χ3n) is 3.30. The van der Waals surface area contributed by atoms with Gasteiger partial charge in [-0.15, -0.1) is 0 Å². The van der Waals surface area contributed by atoms with Crippen molar-refractivity contribution in [2.24, 2.45) is 0 Å². The summed E-state index contributed by atoms with van der Waals surface area (Å²) in [6.07, 6.45) is -1.80. The topological polar surface area (TPSA) is 29.1 Å². The van der Waals surface area contributed by atoms with E-state index in [2.05, 4.69) is 5.32 Å². The van der Waals surface area contributed by atoms with Crippen molar-refractivity contribution >= 4 is 12.0 Å². The molecule has 0 aliphatic heterocycles. The molecular formula is C18H16F3NO. The molecule has 0 saturated heterocycles. The number of carbonyl (C=O) groups is 1. The Morgan fingerprint density at radius 3 is 2.43 bits per heavy atom. The van der Waals surface area contributed by atoms with E-state index in [1.54, 1.807) is 0 Å². The lowest BCUT2D eigenvalue weighted by molar-refractivity contribution is -0.137. The first-order valence-electron chi connectivity index (χ1n) is 7.07. The number of halogens is 3. The van der Waals surface area contributed by atoms with E-state index in [9.17, 15) is 18.0 Å². The number of hydrogen-bond acceptors (Lipinski definition) is 1. The monoisotopic (exact) mass is 319 g/mol. The second-order valence-corrected chi connectivity index (χ2v) is 5.10. The van der Waals surface area contributed by atoms with Gasteiger partial charge in [-0.05, 0) is 36.3 Å². The van der Waals surface area contributed by atoms with Crippen LogP contribution in [0, 0.1) is 0 Å². The Morgan fingerprint density at radius 1 is 1.09 bits per heavy atom. The summed E-state index contributed by atoms with van der Waals surface area (Å²) in [5.41, 5.74) is 0.536. The number of amides is 1. The Hall–Kier alpha value is -2.56. The minimum absolute atomic E-state index is 0.185. The smallest absolute Gasteiger partial charge is 0.346 e. The molecule has 0 radical (unpaired) electrons. The fraction of sp³-hybridized carbons (Fsp3) is 0.167. The highest BCUT2D eigenvalue weighted by atomic mass is 19.4. The second kappa shape index (κ2) is 7.13. The van der Waals surface area contributed by atoms with Gasteiger partial charge < -0.3 is 5.32 Å². The van der Waals surface area contributed by atoms with Gasteiger partial charge in [-0.2, -0.15) is 13.2 Å². The summed E-state index contributed by atoms with van der Waals surface area (Å²) >= 11 is 0. The van der Waals surface area contributed by atoms with E-state index in [0.29, 0.717) is 5.56 Å². The highest BCUT2D eigenvalue weighted by Crippen LogP contribution is 2.29. The van der Waals surface area contributed by atoms with Crippen LogP contribution in [0.2, 0.25) is 0 Å². The van der Waals surface area contributed by atoms with Crippen LogP contribution in [0.5, 0.6) is 0 Å². The van der Waals surface area contributed by atoms with Crippen LogP contribution in [-0.4, -0.2) is 5.91 Å². The highest BCUT2D eigenvalue weighted by Gasteiger charge is 2.30. The maximum absolute atomic E-state index is 12.6. The fourth-order valence-electron chi connectivity index (χ4n) is 2.08. The SMILES string of the molecule is C[C@@H](NC(=O)/C=C/c1cccc(C(F)(F)F)c1)c1ccccc1. The quantitative estimate of drug-likeness (QED) is 0.820. The Bertz CT molecular complexity index is 693. The van der Waals surface area contributed by atoms with Gasteiger partial charge in [0.05, 0.1) is 11.6 Å². The number of rotatable bonds is 4. The van der Waals surface area contributed by atoms with Crippen LogP contribution in [0.1, 0.15) is 29.7 Å². The van der Waals surface area contributed by atoms with Gasteiger partial charge in [0.1, 0.15) is 0 Å². The molecule has 0 spiro atoms. The van der Waals surface area contributed by atoms with Crippen molar-refractivity contribution in [2.75, 3.05) is 0 Å². The molecule has 2 rings (SSSR count). The summed E-state index contributed by atoms with van der Waals surface area (Å²) < 4.78 is 37.9. The number of alkyl halides is 3. The average Bonchev–Trinajstić information content (AvgIpc) is 2.53. The van der Waals surface area contributed by atoms with Crippen molar-refractivity contribution < 1.29 is 18.0 Å². The molecule has 1 atom stereocenters. The molecule has 2 nitrogen and oxygen atoms in total. The third-order valence-corrected chi connectivity index (χ3v) is 3.30. The zero-order valence-corrected chi connectivity index (χ0v) is 12.5. The summed E-state index contributed by atoms with van der Waals surface area (Å²) in [7, 11) is 0. The molecule has 0 unspecified atom stereocenters. The minimum atomic E-state index is -4.39. The maximum atomic E-state index is 12.6. The predicted octanol–water partition coefficient (Wildman–Crippen LogP) is 4.60. The number of nitrogens with one attached hydrogen (secondary N) is 1. The van der Waals surface area contributed by atoms with Gasteiger partial charge in [-0.1, -0.05) is 42.5 Å². The Balaban J connectivity index is 2.01. The Labute approximate surface area is 132 Å². The number of hydrogen-bond donors (Lipinski definition) is 1. The number of carbonyl (C=O) groups excluding carboxylic acids is 1. The first-order valence-corrected chi connectivity index (χ1v) is 7.07. The first-order chi connectivity index (χ1) is 10.9. The molecule has 5 heteroatoms. The molecule has 2 aromatic carbocycles. The lowest BCUT2D eigenvalue weighted by Crippen LogP contribution is -2.24. The molecule has 0 aliphatic rings. The molecule has 120 valence electrons. The first kappa shape index (κ1) is 16.8. The summed E-state index contributed by atoms with van der Waals surface area (Å²) in [5, 5.41) is 2.76. The molecule has 0 heterocycles. The van der Waals surface area contributed by atoms with E-state index in [1.165, 1.54) is 24.3 Å². The van der Waals surface area contributed by atoms with Gasteiger partial charge in [0.25, 0.3) is 0 Å². The van der Waals surface area contributed by atoms with E-state index in [4.69, 9.17) is 0 Å². The van der Waals surface area contributed by atoms with Gasteiger partial charge in [-0.3, -0.25) is 4.79 Å². The molecule has 1 N–H and O–H groups in total. The Kier molecular flexibility index (Phi) is 5.21. The maximum Gasteiger partial charge on any atom is 0.416 e. The zero-order valence-electron chi connectivity index (χ0n) is 12.5. The Morgan fingerprint density at radius 2 is 1.78 bits per heavy atom. The van der Waals surface area contributed by atoms with Crippen LogP contribution < -0.4 is 5.32 Å². The molecule has 0 bridgehead atoms. The highest BCUT2D eigenvalue weighted by molar-refractivity contribution is 5.92. The van der Waals surface area contributed by atoms with Gasteiger partial charge in [0, 0.05) is 6.08 Å². The molecular weight excluding hydrogens is 303 g/mol. The summed E-state index contributed by atoms with van der Waals surface area (Å²) in [5.74, 6) is -0.362. The molecule has 2 aromatic rings. The van der Waals surface area contributed by atoms with Crippen molar-refractivity contribution in [3.63, 3.8) is 0 Å². The largest absolute Gasteiger partial charge is 0.416 e. The lowest BCUT2D eigenvalue weighted by atomic mass is 10.1. The molecule has 1 amide bonds. The predicted molar refractivity (Wildman–Crippen MR) is 83.5 cm³/mol. The fourth-order valence-corrected chi connectivity index (χ4v) is 2.08. The molecule has 0 aliphatic carbocycles. The normalized spacial score (nSPS) is 13.0. The van der Waals surface area contributed by atoms with Crippen LogP contribution >= 0.6 is 0 Å². The van der Waals surface area contributed by atoms with Crippen molar-refractivity contribution in [3.8, 4) is 0 Å². The van der Waals surface area contributed by atoms with Gasteiger partial charge in [0.2, 0.25) is 5.91 Å². The van der Waals surface area contributed by atoms with E-state index < -0.39 is 11.7 Å².